The lowest BCUT2D eigenvalue weighted by Gasteiger charge is -2.12. The van der Waals surface area contributed by atoms with Crippen LogP contribution < -0.4 is 0 Å². The smallest absolute Gasteiger partial charge is 0.339 e. The molecular weight excluding hydrogens is 1510 g/mol. The Morgan fingerprint density at radius 1 is 0.186 bits per heavy atom. The summed E-state index contributed by atoms with van der Waals surface area (Å²) in [5, 5.41) is 0. The zero-order chi connectivity index (χ0) is 87.7. The van der Waals surface area contributed by atoms with Gasteiger partial charge in [-0.05, 0) is 166 Å². The van der Waals surface area contributed by atoms with Crippen LogP contribution in [0, 0.1) is 0 Å². The molecule has 0 N–H and O–H groups in total. The zero-order valence-corrected chi connectivity index (χ0v) is 72.0. The van der Waals surface area contributed by atoms with Crippen LogP contribution >= 0.6 is 0 Å². The summed E-state index contributed by atoms with van der Waals surface area (Å²) in [6.07, 6.45) is 18.8. The lowest BCUT2D eigenvalue weighted by atomic mass is 10.1. The maximum Gasteiger partial charge on any atom is 0.339 e. The van der Waals surface area contributed by atoms with Crippen LogP contribution in [0.4, 0.5) is 0 Å². The molecule has 118 heavy (non-hydrogen) atoms. The van der Waals surface area contributed by atoms with Crippen molar-refractivity contribution < 1.29 is 114 Å². The molecule has 0 unspecified atom stereocenters. The first-order valence-electron chi connectivity index (χ1n) is 41.6. The molecule has 0 bridgehead atoms. The van der Waals surface area contributed by atoms with Gasteiger partial charge in [0.1, 0.15) is 0 Å². The highest BCUT2D eigenvalue weighted by atomic mass is 16.6. The summed E-state index contributed by atoms with van der Waals surface area (Å²) < 4.78 is 61.2. The number of carbonyl (C=O) groups is 12. The third-order valence-electron chi connectivity index (χ3n) is 16.2. The molecule has 0 atom stereocenters. The van der Waals surface area contributed by atoms with Gasteiger partial charge in [0.05, 0.1) is 145 Å². The van der Waals surface area contributed by atoms with Crippen LogP contribution in [0.1, 0.15) is 350 Å². The average Bonchev–Trinajstić information content (AvgIpc) is 0.513. The number of unbranched alkanes of at least 4 members (excludes halogenated alkanes) is 12. The molecule has 0 fully saturated rings. The van der Waals surface area contributed by atoms with Gasteiger partial charge in [0.2, 0.25) is 0 Å². The number of rotatable bonds is 44. The molecule has 24 heteroatoms. The van der Waals surface area contributed by atoms with E-state index in [9.17, 15) is 57.5 Å². The lowest BCUT2D eigenvalue weighted by Crippen LogP contribution is -2.18. The number of esters is 12. The number of carbonyl (C=O) groups excluding carboxylic acids is 12. The molecule has 0 heterocycles. The minimum Gasteiger partial charge on any atom is -0.462 e. The molecule has 648 valence electrons. The molecular formula is C94H128O24. The van der Waals surface area contributed by atoms with E-state index in [2.05, 4.69) is 27.7 Å². The Kier molecular flexibility index (Phi) is 58.7. The van der Waals surface area contributed by atoms with Crippen molar-refractivity contribution in [1.82, 2.24) is 0 Å². The summed E-state index contributed by atoms with van der Waals surface area (Å²) in [5.74, 6) is -5.78. The van der Waals surface area contributed by atoms with Crippen molar-refractivity contribution >= 4 is 71.6 Å². The SMILES string of the molecule is CC(C)OC(=O)c1ccccc1C(=O)OC(C)C.CCCCCCOC(=O)c1ccccc1C(=O)OCCCCCC.CCCCCOC(=O)c1ccccc1C(=O)OCCCCC.CCCCOC(=O)c1ccccc1C(=O)OCCCC.CCCOC(=O)c1ccccc1C(=O)OCCC.CCOC(=O)c1ccccc1C(=O)OCC. The van der Waals surface area contributed by atoms with Gasteiger partial charge in [-0.25, -0.2) is 57.5 Å². The molecule has 0 aromatic heterocycles. The van der Waals surface area contributed by atoms with E-state index < -0.39 is 71.6 Å². The fraction of sp³-hybridized carbons (Fsp3) is 0.489. The summed E-state index contributed by atoms with van der Waals surface area (Å²) in [7, 11) is 0. The van der Waals surface area contributed by atoms with E-state index >= 15 is 0 Å². The fourth-order valence-corrected chi connectivity index (χ4v) is 10.1. The van der Waals surface area contributed by atoms with E-state index in [4.69, 9.17) is 56.8 Å². The summed E-state index contributed by atoms with van der Waals surface area (Å²) >= 11 is 0. The lowest BCUT2D eigenvalue weighted by molar-refractivity contribution is 0.0328. The largest absolute Gasteiger partial charge is 0.462 e. The second-order valence-electron chi connectivity index (χ2n) is 27.0. The van der Waals surface area contributed by atoms with Crippen LogP contribution in [-0.4, -0.2) is 150 Å². The normalized spacial score (nSPS) is 10.2. The quantitative estimate of drug-likeness (QED) is 0.0195. The Hall–Kier alpha value is -11.0. The minimum atomic E-state index is -0.513. The van der Waals surface area contributed by atoms with Crippen molar-refractivity contribution in [2.75, 3.05) is 66.1 Å². The predicted molar refractivity (Wildman–Crippen MR) is 452 cm³/mol. The van der Waals surface area contributed by atoms with Crippen LogP contribution in [0.3, 0.4) is 0 Å². The molecule has 0 aliphatic heterocycles. The van der Waals surface area contributed by atoms with Gasteiger partial charge in [-0.1, -0.05) is 205 Å². The summed E-state index contributed by atoms with van der Waals surface area (Å²) in [4.78, 5) is 143. The Labute approximate surface area is 698 Å². The van der Waals surface area contributed by atoms with Gasteiger partial charge in [0.15, 0.2) is 0 Å². The maximum atomic E-state index is 12.2. The van der Waals surface area contributed by atoms with E-state index in [1.165, 1.54) is 0 Å². The van der Waals surface area contributed by atoms with Gasteiger partial charge in [0.25, 0.3) is 0 Å². The Bertz CT molecular complexity index is 3680. The third-order valence-corrected chi connectivity index (χ3v) is 16.2. The van der Waals surface area contributed by atoms with E-state index in [-0.39, 0.29) is 92.2 Å². The third kappa shape index (κ3) is 43.8. The second-order valence-corrected chi connectivity index (χ2v) is 27.0. The van der Waals surface area contributed by atoms with Crippen molar-refractivity contribution in [1.29, 1.82) is 0 Å². The number of hydrogen-bond donors (Lipinski definition) is 0. The minimum absolute atomic E-state index is 0.230. The molecule has 0 aliphatic rings. The molecule has 0 amide bonds. The van der Waals surface area contributed by atoms with Crippen molar-refractivity contribution in [2.24, 2.45) is 0 Å². The molecule has 0 spiro atoms. The fourth-order valence-electron chi connectivity index (χ4n) is 10.1. The van der Waals surface area contributed by atoms with E-state index in [0.29, 0.717) is 52.9 Å². The molecule has 0 saturated heterocycles. The highest BCUT2D eigenvalue weighted by Crippen LogP contribution is 2.20. The summed E-state index contributed by atoms with van der Waals surface area (Å²) in [5.41, 5.74) is 3.12. The van der Waals surface area contributed by atoms with Crippen molar-refractivity contribution in [3.63, 3.8) is 0 Å². The number of hydrogen-bond acceptors (Lipinski definition) is 24. The Balaban J connectivity index is 0.000000711. The molecule has 0 saturated carbocycles. The van der Waals surface area contributed by atoms with Crippen molar-refractivity contribution in [3.8, 4) is 0 Å². The molecule has 6 aromatic carbocycles. The molecule has 6 rings (SSSR count). The zero-order valence-electron chi connectivity index (χ0n) is 72.0. The first-order chi connectivity index (χ1) is 56.9. The van der Waals surface area contributed by atoms with Crippen LogP contribution in [0.25, 0.3) is 0 Å². The van der Waals surface area contributed by atoms with Crippen LogP contribution in [-0.2, 0) is 56.8 Å². The Morgan fingerprint density at radius 3 is 0.508 bits per heavy atom. The first-order valence-corrected chi connectivity index (χ1v) is 41.6. The molecule has 24 nitrogen and oxygen atoms in total. The first kappa shape index (κ1) is 105. The average molecular weight is 1640 g/mol. The molecule has 0 radical (unpaired) electrons. The highest BCUT2D eigenvalue weighted by Gasteiger charge is 2.25. The van der Waals surface area contributed by atoms with Gasteiger partial charge in [-0.15, -0.1) is 0 Å². The summed E-state index contributed by atoms with van der Waals surface area (Å²) in [6.45, 7) is 30.3. The predicted octanol–water partition coefficient (Wildman–Crippen LogP) is 20.8. The van der Waals surface area contributed by atoms with Gasteiger partial charge < -0.3 is 56.8 Å². The van der Waals surface area contributed by atoms with Gasteiger partial charge in [-0.3, -0.25) is 0 Å². The standard InChI is InChI=1S/C20H30O4.C18H26O4.C16H22O4.2C14H18O4.C12H14O4/c1-3-5-7-11-15-23-19(21)17-13-9-10-14-18(17)20(22)24-16-12-8-6-4-2;1-3-5-9-13-21-17(19)15-11-7-8-12-16(15)18(20)22-14-10-6-4-2;1-3-5-11-19-15(17)13-9-7-8-10-14(13)16(18)20-12-6-4-2;1-9(2)17-13(15)11-7-5-6-8-12(11)14(16)18-10(3)4;1-3-9-17-13(15)11-7-5-6-8-12(11)14(16)18-10-4-2;1-3-15-11(13)9-7-5-6-8-10(9)12(14)16-4-2/h9-10,13-14H,3-8,11-12,15-16H2,1-2H3;7-8,11-12H,3-6,9-10,13-14H2,1-2H3;7-10H,3-6,11-12H2,1-2H3;5-10H,1-4H3;5-8H,3-4,9-10H2,1-2H3;5-8H,3-4H2,1-2H3. The van der Waals surface area contributed by atoms with Crippen molar-refractivity contribution in [3.05, 3.63) is 212 Å². The highest BCUT2D eigenvalue weighted by molar-refractivity contribution is 6.07. The monoisotopic (exact) mass is 1640 g/mol. The van der Waals surface area contributed by atoms with Crippen molar-refractivity contribution in [2.45, 2.75) is 238 Å². The van der Waals surface area contributed by atoms with E-state index in [0.717, 1.165) is 128 Å². The van der Waals surface area contributed by atoms with Gasteiger partial charge in [0, 0.05) is 0 Å². The Morgan fingerprint density at radius 2 is 0.339 bits per heavy atom. The molecule has 0 aliphatic carbocycles. The van der Waals surface area contributed by atoms with E-state index in [1.54, 1.807) is 187 Å². The second kappa shape index (κ2) is 66.0. The van der Waals surface area contributed by atoms with Crippen LogP contribution in [0.2, 0.25) is 0 Å². The maximum absolute atomic E-state index is 12.2. The molecule has 6 aromatic rings. The van der Waals surface area contributed by atoms with E-state index in [1.807, 2.05) is 27.7 Å². The van der Waals surface area contributed by atoms with Gasteiger partial charge in [-0.2, -0.15) is 0 Å². The van der Waals surface area contributed by atoms with Gasteiger partial charge >= 0.3 is 71.6 Å². The number of benzene rings is 6. The topological polar surface area (TPSA) is 316 Å². The summed E-state index contributed by atoms with van der Waals surface area (Å²) in [6, 6.07) is 39.4. The number of ether oxygens (including phenoxy) is 12. The van der Waals surface area contributed by atoms with Crippen LogP contribution in [0.15, 0.2) is 146 Å². The van der Waals surface area contributed by atoms with Crippen LogP contribution in [0.5, 0.6) is 0 Å².